The fourth-order valence-corrected chi connectivity index (χ4v) is 2.84. The highest BCUT2D eigenvalue weighted by Gasteiger charge is 2.15. The second kappa shape index (κ2) is 8.91. The number of carbonyl (C=O) groups excluding carboxylic acids is 3. The highest BCUT2D eigenvalue weighted by Crippen LogP contribution is 2.27. The molecule has 0 atom stereocenters. The number of ether oxygens (including phenoxy) is 1. The average Bonchev–Trinajstić information content (AvgIpc) is 2.75. The summed E-state index contributed by atoms with van der Waals surface area (Å²) in [5, 5.41) is 5.55. The number of rotatable bonds is 6. The van der Waals surface area contributed by atoms with Crippen LogP contribution in [0.1, 0.15) is 36.6 Å². The summed E-state index contributed by atoms with van der Waals surface area (Å²) in [5.74, 6) is -0.926. The summed E-state index contributed by atoms with van der Waals surface area (Å²) in [6.07, 6.45) is 0. The molecule has 0 unspecified atom stereocenters. The maximum absolute atomic E-state index is 12.8. The molecule has 7 heteroatoms. The molecule has 3 aromatic carbocycles. The Morgan fingerprint density at radius 2 is 1.37 bits per heavy atom. The molecule has 0 aromatic heterocycles. The molecule has 0 saturated carbocycles. The Morgan fingerprint density at radius 1 is 0.767 bits per heavy atom. The van der Waals surface area contributed by atoms with Crippen LogP contribution < -0.4 is 21.1 Å². The van der Waals surface area contributed by atoms with Crippen molar-refractivity contribution < 1.29 is 19.1 Å². The van der Waals surface area contributed by atoms with E-state index in [0.29, 0.717) is 28.3 Å². The van der Waals surface area contributed by atoms with Crippen molar-refractivity contribution in [1.29, 1.82) is 0 Å². The van der Waals surface area contributed by atoms with Gasteiger partial charge in [0.15, 0.2) is 0 Å². The molecule has 0 aliphatic rings. The molecule has 0 bridgehead atoms. The lowest BCUT2D eigenvalue weighted by molar-refractivity contribution is 0.0995. The SMILES string of the molecule is COc1ccc(C(N)=O)cc1NC(=O)c1ccc(C)c(NC(=O)c2ccccc2)c1. The largest absolute Gasteiger partial charge is 0.495 e. The van der Waals surface area contributed by atoms with E-state index in [4.69, 9.17) is 10.5 Å². The standard InChI is InChI=1S/C23H21N3O4/c1-14-8-9-17(13-18(14)25-22(28)15-6-4-3-5-7-15)23(29)26-19-12-16(21(24)27)10-11-20(19)30-2/h3-13H,1-2H3,(H2,24,27)(H,25,28)(H,26,29). The molecule has 0 spiro atoms. The highest BCUT2D eigenvalue weighted by molar-refractivity contribution is 6.08. The first kappa shape index (κ1) is 20.6. The molecule has 152 valence electrons. The Labute approximate surface area is 173 Å². The van der Waals surface area contributed by atoms with Crippen LogP contribution in [-0.4, -0.2) is 24.8 Å². The molecular formula is C23H21N3O4. The third-order valence-electron chi connectivity index (χ3n) is 4.52. The molecule has 4 N–H and O–H groups in total. The van der Waals surface area contributed by atoms with E-state index in [1.54, 1.807) is 48.5 Å². The molecule has 0 aliphatic heterocycles. The molecule has 0 heterocycles. The van der Waals surface area contributed by atoms with Crippen molar-refractivity contribution in [2.24, 2.45) is 5.73 Å². The van der Waals surface area contributed by atoms with Gasteiger partial charge in [-0.2, -0.15) is 0 Å². The van der Waals surface area contributed by atoms with Crippen LogP contribution in [0.2, 0.25) is 0 Å². The van der Waals surface area contributed by atoms with Gasteiger partial charge in [-0.15, -0.1) is 0 Å². The minimum Gasteiger partial charge on any atom is -0.495 e. The molecule has 0 fully saturated rings. The Balaban J connectivity index is 1.84. The third kappa shape index (κ3) is 4.64. The second-order valence-corrected chi connectivity index (χ2v) is 6.58. The molecule has 3 aromatic rings. The summed E-state index contributed by atoms with van der Waals surface area (Å²) in [6, 6.07) is 18.3. The zero-order valence-electron chi connectivity index (χ0n) is 16.6. The zero-order valence-corrected chi connectivity index (χ0v) is 16.6. The summed E-state index contributed by atoms with van der Waals surface area (Å²) in [7, 11) is 1.46. The zero-order chi connectivity index (χ0) is 21.7. The van der Waals surface area contributed by atoms with E-state index in [-0.39, 0.29) is 11.5 Å². The number of carbonyl (C=O) groups is 3. The van der Waals surface area contributed by atoms with E-state index in [1.807, 2.05) is 13.0 Å². The van der Waals surface area contributed by atoms with Crippen LogP contribution in [0.5, 0.6) is 5.75 Å². The molecule has 7 nitrogen and oxygen atoms in total. The number of nitrogens with two attached hydrogens (primary N) is 1. The second-order valence-electron chi connectivity index (χ2n) is 6.58. The monoisotopic (exact) mass is 403 g/mol. The minimum absolute atomic E-state index is 0.241. The topological polar surface area (TPSA) is 111 Å². The van der Waals surface area contributed by atoms with Gasteiger partial charge in [-0.25, -0.2) is 0 Å². The maximum Gasteiger partial charge on any atom is 0.255 e. The lowest BCUT2D eigenvalue weighted by Crippen LogP contribution is -2.17. The summed E-state index contributed by atoms with van der Waals surface area (Å²) in [6.45, 7) is 1.83. The fourth-order valence-electron chi connectivity index (χ4n) is 2.84. The summed E-state index contributed by atoms with van der Waals surface area (Å²) < 4.78 is 5.24. The van der Waals surface area contributed by atoms with Crippen LogP contribution in [0.4, 0.5) is 11.4 Å². The number of primary amides is 1. The molecule has 3 amide bonds. The van der Waals surface area contributed by atoms with Gasteiger partial charge >= 0.3 is 0 Å². The predicted octanol–water partition coefficient (Wildman–Crippen LogP) is 3.61. The van der Waals surface area contributed by atoms with Crippen LogP contribution in [0.3, 0.4) is 0 Å². The van der Waals surface area contributed by atoms with E-state index in [0.717, 1.165) is 5.56 Å². The van der Waals surface area contributed by atoms with Gasteiger partial charge in [-0.1, -0.05) is 24.3 Å². The minimum atomic E-state index is -0.616. The lowest BCUT2D eigenvalue weighted by Gasteiger charge is -2.13. The van der Waals surface area contributed by atoms with Crippen LogP contribution in [0.25, 0.3) is 0 Å². The molecule has 0 radical (unpaired) electrons. The van der Waals surface area contributed by atoms with Crippen molar-refractivity contribution in [3.63, 3.8) is 0 Å². The average molecular weight is 403 g/mol. The van der Waals surface area contributed by atoms with Gasteiger partial charge in [-0.05, 0) is 55.0 Å². The van der Waals surface area contributed by atoms with Crippen LogP contribution in [-0.2, 0) is 0 Å². The quantitative estimate of drug-likeness (QED) is 0.584. The first-order valence-electron chi connectivity index (χ1n) is 9.15. The van der Waals surface area contributed by atoms with Crippen LogP contribution >= 0.6 is 0 Å². The highest BCUT2D eigenvalue weighted by atomic mass is 16.5. The van der Waals surface area contributed by atoms with Gasteiger partial charge in [0.05, 0.1) is 12.8 Å². The van der Waals surface area contributed by atoms with Gasteiger partial charge in [0, 0.05) is 22.4 Å². The molecule has 0 aliphatic carbocycles. The number of hydrogen-bond acceptors (Lipinski definition) is 4. The van der Waals surface area contributed by atoms with Gasteiger partial charge in [0.2, 0.25) is 5.91 Å². The van der Waals surface area contributed by atoms with Gasteiger partial charge in [0.1, 0.15) is 5.75 Å². The summed E-state index contributed by atoms with van der Waals surface area (Å²) in [4.78, 5) is 36.7. The van der Waals surface area contributed by atoms with Crippen LogP contribution in [0, 0.1) is 6.92 Å². The van der Waals surface area contributed by atoms with Crippen molar-refractivity contribution >= 4 is 29.1 Å². The molecule has 3 rings (SSSR count). The van der Waals surface area contributed by atoms with Crippen molar-refractivity contribution in [2.45, 2.75) is 6.92 Å². The molecule has 30 heavy (non-hydrogen) atoms. The molecule has 0 saturated heterocycles. The number of nitrogens with one attached hydrogen (secondary N) is 2. The van der Waals surface area contributed by atoms with E-state index < -0.39 is 11.8 Å². The van der Waals surface area contributed by atoms with Crippen molar-refractivity contribution in [3.05, 3.63) is 89.0 Å². The Hall–Kier alpha value is -4.13. The van der Waals surface area contributed by atoms with Crippen molar-refractivity contribution in [2.75, 3.05) is 17.7 Å². The van der Waals surface area contributed by atoms with Gasteiger partial charge in [0.25, 0.3) is 11.8 Å². The van der Waals surface area contributed by atoms with Gasteiger partial charge in [-0.3, -0.25) is 14.4 Å². The van der Waals surface area contributed by atoms with E-state index in [1.165, 1.54) is 19.2 Å². The van der Waals surface area contributed by atoms with Crippen LogP contribution in [0.15, 0.2) is 66.7 Å². The number of hydrogen-bond donors (Lipinski definition) is 3. The normalized spacial score (nSPS) is 10.2. The number of amides is 3. The Bertz CT molecular complexity index is 1110. The smallest absolute Gasteiger partial charge is 0.255 e. The number of benzene rings is 3. The third-order valence-corrected chi connectivity index (χ3v) is 4.52. The first-order valence-corrected chi connectivity index (χ1v) is 9.15. The van der Waals surface area contributed by atoms with E-state index in [9.17, 15) is 14.4 Å². The maximum atomic E-state index is 12.8. The fraction of sp³-hybridized carbons (Fsp3) is 0.0870. The van der Waals surface area contributed by atoms with E-state index >= 15 is 0 Å². The summed E-state index contributed by atoms with van der Waals surface area (Å²) in [5.41, 5.74) is 8.04. The number of aryl methyl sites for hydroxylation is 1. The van der Waals surface area contributed by atoms with E-state index in [2.05, 4.69) is 10.6 Å². The first-order chi connectivity index (χ1) is 14.4. The number of anilines is 2. The predicted molar refractivity (Wildman–Crippen MR) is 115 cm³/mol. The number of methoxy groups -OCH3 is 1. The summed E-state index contributed by atoms with van der Waals surface area (Å²) >= 11 is 0. The van der Waals surface area contributed by atoms with Crippen molar-refractivity contribution in [3.8, 4) is 5.75 Å². The van der Waals surface area contributed by atoms with Gasteiger partial charge < -0.3 is 21.1 Å². The Morgan fingerprint density at radius 3 is 2.03 bits per heavy atom. The lowest BCUT2D eigenvalue weighted by atomic mass is 10.1. The Kier molecular flexibility index (Phi) is 6.12. The van der Waals surface area contributed by atoms with Crippen molar-refractivity contribution in [1.82, 2.24) is 0 Å². The molecular weight excluding hydrogens is 382 g/mol.